The van der Waals surface area contributed by atoms with Crippen LogP contribution in [0.4, 0.5) is 0 Å². The van der Waals surface area contributed by atoms with E-state index in [1.807, 2.05) is 0 Å². The van der Waals surface area contributed by atoms with Crippen LogP contribution < -0.4 is 0 Å². The summed E-state index contributed by atoms with van der Waals surface area (Å²) in [5.41, 5.74) is 0. The van der Waals surface area contributed by atoms with Gasteiger partial charge in [-0.25, -0.2) is 19.6 Å². The molecule has 20 heavy (non-hydrogen) atoms. The molecule has 0 aromatic heterocycles. The Kier molecular flexibility index (Phi) is 6.17. The fourth-order valence-corrected chi connectivity index (χ4v) is 4.35. The van der Waals surface area contributed by atoms with E-state index in [4.69, 9.17) is 0 Å². The number of isocyanates is 2. The summed E-state index contributed by atoms with van der Waals surface area (Å²) in [6, 6.07) is 0. The zero-order valence-electron chi connectivity index (χ0n) is 12.1. The smallest absolute Gasteiger partial charge is 0.211 e. The molecule has 0 aromatic carbocycles. The largest absolute Gasteiger partial charge is 0.234 e. The lowest BCUT2D eigenvalue weighted by Gasteiger charge is -2.47. The van der Waals surface area contributed by atoms with Gasteiger partial charge in [-0.2, -0.15) is 0 Å². The molecule has 4 atom stereocenters. The topological polar surface area (TPSA) is 58.9 Å². The molecule has 110 valence electrons. The van der Waals surface area contributed by atoms with Gasteiger partial charge in [0.15, 0.2) is 0 Å². The Bertz CT molecular complexity index is 359. The van der Waals surface area contributed by atoms with Gasteiger partial charge in [-0.15, -0.1) is 0 Å². The molecule has 0 radical (unpaired) electrons. The fraction of sp³-hybridized carbons (Fsp3) is 0.875. The van der Waals surface area contributed by atoms with Gasteiger partial charge in [-0.1, -0.05) is 0 Å². The lowest BCUT2D eigenvalue weighted by atomic mass is 9.58. The summed E-state index contributed by atoms with van der Waals surface area (Å²) >= 11 is 0. The number of hydrogen-bond acceptors (Lipinski definition) is 4. The first-order chi connectivity index (χ1) is 9.85. The van der Waals surface area contributed by atoms with E-state index < -0.39 is 0 Å². The Balaban J connectivity index is 1.73. The SMILES string of the molecule is O=C=NCCCC1CC2CCC1CC2CCCN=C=O. The van der Waals surface area contributed by atoms with E-state index in [1.54, 1.807) is 12.2 Å². The highest BCUT2D eigenvalue weighted by atomic mass is 16.1. The summed E-state index contributed by atoms with van der Waals surface area (Å²) in [7, 11) is 0. The van der Waals surface area contributed by atoms with Gasteiger partial charge in [-0.3, -0.25) is 0 Å². The molecule has 0 amide bonds. The summed E-state index contributed by atoms with van der Waals surface area (Å²) in [6.07, 6.45) is 13.2. The van der Waals surface area contributed by atoms with Crippen molar-refractivity contribution < 1.29 is 9.59 Å². The van der Waals surface area contributed by atoms with Crippen molar-refractivity contribution >= 4 is 12.2 Å². The Morgan fingerprint density at radius 3 is 1.60 bits per heavy atom. The van der Waals surface area contributed by atoms with Crippen LogP contribution in [0.5, 0.6) is 0 Å². The predicted octanol–water partition coefficient (Wildman–Crippen LogP) is 3.27. The zero-order valence-corrected chi connectivity index (χ0v) is 12.1. The third-order valence-corrected chi connectivity index (χ3v) is 5.27. The minimum Gasteiger partial charge on any atom is -0.211 e. The normalized spacial score (nSPS) is 31.4. The summed E-state index contributed by atoms with van der Waals surface area (Å²) in [4.78, 5) is 27.4. The summed E-state index contributed by atoms with van der Waals surface area (Å²) in [5, 5.41) is 0. The number of carbonyl (C=O) groups excluding carboxylic acids is 2. The van der Waals surface area contributed by atoms with Crippen molar-refractivity contribution in [1.82, 2.24) is 0 Å². The van der Waals surface area contributed by atoms with Crippen LogP contribution >= 0.6 is 0 Å². The van der Waals surface area contributed by atoms with Crippen LogP contribution in [0, 0.1) is 23.7 Å². The highest BCUT2D eigenvalue weighted by Crippen LogP contribution is 2.50. The monoisotopic (exact) mass is 276 g/mol. The number of hydrogen-bond donors (Lipinski definition) is 0. The lowest BCUT2D eigenvalue weighted by Crippen LogP contribution is -2.37. The van der Waals surface area contributed by atoms with Gasteiger partial charge in [-0.05, 0) is 75.0 Å². The van der Waals surface area contributed by atoms with E-state index in [2.05, 4.69) is 9.98 Å². The van der Waals surface area contributed by atoms with Gasteiger partial charge in [0.1, 0.15) is 0 Å². The van der Waals surface area contributed by atoms with Crippen LogP contribution in [0.25, 0.3) is 0 Å². The van der Waals surface area contributed by atoms with E-state index in [1.165, 1.54) is 38.5 Å². The molecule has 3 aliphatic rings. The van der Waals surface area contributed by atoms with Gasteiger partial charge in [0.05, 0.1) is 13.1 Å². The third kappa shape index (κ3) is 4.13. The zero-order chi connectivity index (χ0) is 14.2. The minimum atomic E-state index is 0.643. The van der Waals surface area contributed by atoms with Crippen molar-refractivity contribution in [3.8, 4) is 0 Å². The maximum Gasteiger partial charge on any atom is 0.234 e. The van der Waals surface area contributed by atoms with Crippen LogP contribution in [-0.4, -0.2) is 25.2 Å². The van der Waals surface area contributed by atoms with Crippen LogP contribution in [-0.2, 0) is 9.59 Å². The summed E-state index contributed by atoms with van der Waals surface area (Å²) < 4.78 is 0. The molecule has 3 saturated carbocycles. The molecule has 4 unspecified atom stereocenters. The minimum absolute atomic E-state index is 0.643. The second kappa shape index (κ2) is 8.14. The van der Waals surface area contributed by atoms with Crippen molar-refractivity contribution in [2.24, 2.45) is 33.7 Å². The Morgan fingerprint density at radius 1 is 0.800 bits per heavy atom. The predicted molar refractivity (Wildman–Crippen MR) is 76.9 cm³/mol. The number of rotatable bonds is 8. The quantitative estimate of drug-likeness (QED) is 0.388. The molecule has 0 saturated heterocycles. The van der Waals surface area contributed by atoms with E-state index in [-0.39, 0.29) is 0 Å². The fourth-order valence-electron chi connectivity index (χ4n) is 4.35. The molecular formula is C16H24N2O2. The second-order valence-corrected chi connectivity index (χ2v) is 6.32. The van der Waals surface area contributed by atoms with Crippen LogP contribution in [0.2, 0.25) is 0 Å². The summed E-state index contributed by atoms with van der Waals surface area (Å²) in [6.45, 7) is 1.29. The molecule has 0 N–H and O–H groups in total. The average Bonchev–Trinajstić information content (AvgIpc) is 2.49. The second-order valence-electron chi connectivity index (χ2n) is 6.32. The van der Waals surface area contributed by atoms with Crippen molar-refractivity contribution in [3.63, 3.8) is 0 Å². The highest BCUT2D eigenvalue weighted by Gasteiger charge is 2.40. The van der Waals surface area contributed by atoms with Crippen molar-refractivity contribution in [3.05, 3.63) is 0 Å². The molecule has 3 rings (SSSR count). The first kappa shape index (κ1) is 15.2. The van der Waals surface area contributed by atoms with Gasteiger partial charge in [0.25, 0.3) is 0 Å². The van der Waals surface area contributed by atoms with E-state index in [0.717, 1.165) is 36.5 Å². The average molecular weight is 276 g/mol. The Hall–Kier alpha value is -1.24. The Morgan fingerprint density at radius 2 is 1.25 bits per heavy atom. The molecule has 0 heterocycles. The van der Waals surface area contributed by atoms with Crippen LogP contribution in [0.15, 0.2) is 9.98 Å². The number of nitrogens with zero attached hydrogens (tertiary/aromatic N) is 2. The standard InChI is InChI=1S/C16H24N2O2/c19-11-17-7-1-3-13-9-16-6-5-15(13)10-14(16)4-2-8-18-12-20/h13-16H,1-10H2. The molecule has 4 heteroatoms. The molecule has 3 fully saturated rings. The molecule has 2 bridgehead atoms. The van der Waals surface area contributed by atoms with Gasteiger partial charge in [0.2, 0.25) is 12.2 Å². The Labute approximate surface area is 120 Å². The van der Waals surface area contributed by atoms with E-state index in [9.17, 15) is 9.59 Å². The highest BCUT2D eigenvalue weighted by molar-refractivity contribution is 5.32. The first-order valence-electron chi connectivity index (χ1n) is 7.92. The first-order valence-corrected chi connectivity index (χ1v) is 7.92. The molecule has 0 aromatic rings. The van der Waals surface area contributed by atoms with Gasteiger partial charge >= 0.3 is 0 Å². The number of aliphatic imine (C=N–C) groups is 2. The van der Waals surface area contributed by atoms with Crippen molar-refractivity contribution in [2.45, 2.75) is 51.4 Å². The van der Waals surface area contributed by atoms with Gasteiger partial charge < -0.3 is 0 Å². The van der Waals surface area contributed by atoms with Gasteiger partial charge in [0, 0.05) is 0 Å². The van der Waals surface area contributed by atoms with Crippen LogP contribution in [0.3, 0.4) is 0 Å². The third-order valence-electron chi connectivity index (χ3n) is 5.27. The van der Waals surface area contributed by atoms with E-state index >= 15 is 0 Å². The van der Waals surface area contributed by atoms with Crippen molar-refractivity contribution in [2.75, 3.05) is 13.1 Å². The van der Waals surface area contributed by atoms with E-state index in [0.29, 0.717) is 13.1 Å². The molecule has 0 spiro atoms. The van der Waals surface area contributed by atoms with Crippen molar-refractivity contribution in [1.29, 1.82) is 0 Å². The van der Waals surface area contributed by atoms with Crippen LogP contribution in [0.1, 0.15) is 51.4 Å². The number of fused-ring (bicyclic) bond motifs is 3. The lowest BCUT2D eigenvalue weighted by molar-refractivity contribution is 0.0313. The maximum absolute atomic E-state index is 10.1. The molecule has 4 nitrogen and oxygen atoms in total. The molecular weight excluding hydrogens is 252 g/mol. The maximum atomic E-state index is 10.1. The molecule has 0 aliphatic heterocycles. The summed E-state index contributed by atoms with van der Waals surface area (Å²) in [5.74, 6) is 3.44. The molecule has 3 aliphatic carbocycles.